The smallest absolute Gasteiger partial charge is 0.336 e. The molecule has 0 unspecified atom stereocenters. The molecule has 1 aromatic heterocycles. The monoisotopic (exact) mass is 272 g/mol. The predicted molar refractivity (Wildman–Crippen MR) is 79.5 cm³/mol. The highest BCUT2D eigenvalue weighted by Crippen LogP contribution is 2.19. The fourth-order valence-electron chi connectivity index (χ4n) is 1.61. The van der Waals surface area contributed by atoms with E-state index in [1.165, 1.54) is 11.6 Å². The quantitative estimate of drug-likeness (QED) is 0.465. The summed E-state index contributed by atoms with van der Waals surface area (Å²) in [6, 6.07) is 11.5. The molecule has 19 heavy (non-hydrogen) atoms. The predicted octanol–water partition coefficient (Wildman–Crippen LogP) is 4.49. The summed E-state index contributed by atoms with van der Waals surface area (Å²) in [6.07, 6.45) is 3.21. The van der Waals surface area contributed by atoms with Gasteiger partial charge in [-0.1, -0.05) is 32.0 Å². The Bertz CT molecular complexity index is 551. The Balaban J connectivity index is 1.95. The van der Waals surface area contributed by atoms with E-state index in [2.05, 4.69) is 13.8 Å². The lowest BCUT2D eigenvalue weighted by Crippen LogP contribution is -2.03. The molecule has 0 radical (unpaired) electrons. The number of rotatable bonds is 4. The van der Waals surface area contributed by atoms with Crippen LogP contribution in [0.3, 0.4) is 0 Å². The Morgan fingerprint density at radius 3 is 2.53 bits per heavy atom. The minimum atomic E-state index is -0.356. The Morgan fingerprint density at radius 2 is 1.95 bits per heavy atom. The van der Waals surface area contributed by atoms with Gasteiger partial charge in [-0.3, -0.25) is 0 Å². The Morgan fingerprint density at radius 1 is 1.21 bits per heavy atom. The first kappa shape index (κ1) is 13.6. The molecule has 0 spiro atoms. The molecule has 0 saturated heterocycles. The molecule has 0 saturated carbocycles. The van der Waals surface area contributed by atoms with Gasteiger partial charge in [0.25, 0.3) is 0 Å². The van der Waals surface area contributed by atoms with E-state index < -0.39 is 0 Å². The van der Waals surface area contributed by atoms with Gasteiger partial charge in [0.15, 0.2) is 0 Å². The van der Waals surface area contributed by atoms with Crippen LogP contribution in [0.25, 0.3) is 6.08 Å². The van der Waals surface area contributed by atoms with Gasteiger partial charge < -0.3 is 4.74 Å². The molecule has 0 aliphatic heterocycles. The van der Waals surface area contributed by atoms with Gasteiger partial charge in [0, 0.05) is 11.0 Å². The van der Waals surface area contributed by atoms with Gasteiger partial charge in [-0.05, 0) is 41.1 Å². The summed E-state index contributed by atoms with van der Waals surface area (Å²) in [5.41, 5.74) is 1.23. The average Bonchev–Trinajstić information content (AvgIpc) is 2.90. The van der Waals surface area contributed by atoms with E-state index >= 15 is 0 Å². The van der Waals surface area contributed by atoms with Gasteiger partial charge in [0.1, 0.15) is 5.75 Å². The summed E-state index contributed by atoms with van der Waals surface area (Å²) in [7, 11) is 0. The van der Waals surface area contributed by atoms with Crippen LogP contribution in [-0.2, 0) is 4.79 Å². The van der Waals surface area contributed by atoms with Crippen molar-refractivity contribution in [3.05, 3.63) is 58.3 Å². The molecule has 0 aliphatic carbocycles. The van der Waals surface area contributed by atoms with Crippen LogP contribution in [0.5, 0.6) is 5.75 Å². The highest BCUT2D eigenvalue weighted by Gasteiger charge is 2.02. The maximum Gasteiger partial charge on any atom is 0.336 e. The van der Waals surface area contributed by atoms with E-state index in [1.54, 1.807) is 17.4 Å². The average molecular weight is 272 g/mol. The normalized spacial score (nSPS) is 11.1. The van der Waals surface area contributed by atoms with Gasteiger partial charge in [-0.15, -0.1) is 11.3 Å². The van der Waals surface area contributed by atoms with Crippen molar-refractivity contribution in [1.29, 1.82) is 0 Å². The molecule has 0 fully saturated rings. The van der Waals surface area contributed by atoms with Crippen molar-refractivity contribution in [3.8, 4) is 5.75 Å². The molecule has 3 heteroatoms. The molecular formula is C16H16O2S. The second-order valence-electron chi connectivity index (χ2n) is 4.49. The second kappa shape index (κ2) is 6.34. The molecule has 2 nitrogen and oxygen atoms in total. The van der Waals surface area contributed by atoms with Gasteiger partial charge in [-0.25, -0.2) is 4.79 Å². The molecule has 98 valence electrons. The second-order valence-corrected chi connectivity index (χ2v) is 5.47. The third-order valence-corrected chi connectivity index (χ3v) is 3.53. The van der Waals surface area contributed by atoms with E-state index in [0.717, 1.165) is 4.88 Å². The number of hydrogen-bond donors (Lipinski definition) is 0. The molecule has 1 aromatic carbocycles. The Kier molecular flexibility index (Phi) is 4.53. The highest BCUT2D eigenvalue weighted by atomic mass is 32.1. The maximum atomic E-state index is 11.6. The summed E-state index contributed by atoms with van der Waals surface area (Å²) in [4.78, 5) is 12.7. The van der Waals surface area contributed by atoms with Gasteiger partial charge in [0.05, 0.1) is 0 Å². The zero-order valence-electron chi connectivity index (χ0n) is 11.0. The van der Waals surface area contributed by atoms with Gasteiger partial charge in [-0.2, -0.15) is 0 Å². The van der Waals surface area contributed by atoms with Crippen molar-refractivity contribution in [2.75, 3.05) is 0 Å². The summed E-state index contributed by atoms with van der Waals surface area (Å²) in [5.74, 6) is 0.694. The van der Waals surface area contributed by atoms with E-state index in [1.807, 2.05) is 41.8 Å². The Labute approximate surface area is 117 Å². The van der Waals surface area contributed by atoms with Crippen LogP contribution in [0, 0.1) is 0 Å². The topological polar surface area (TPSA) is 26.3 Å². The molecule has 1 heterocycles. The number of esters is 1. The highest BCUT2D eigenvalue weighted by molar-refractivity contribution is 7.10. The molecule has 2 rings (SSSR count). The summed E-state index contributed by atoms with van der Waals surface area (Å²) in [6.45, 7) is 4.26. The van der Waals surface area contributed by atoms with Crippen LogP contribution in [0.4, 0.5) is 0 Å². The first-order valence-electron chi connectivity index (χ1n) is 6.18. The van der Waals surface area contributed by atoms with Gasteiger partial charge >= 0.3 is 5.97 Å². The third-order valence-electron chi connectivity index (χ3n) is 2.69. The molecule has 0 N–H and O–H groups in total. The van der Waals surface area contributed by atoms with Crippen molar-refractivity contribution in [3.63, 3.8) is 0 Å². The van der Waals surface area contributed by atoms with Crippen LogP contribution in [0.15, 0.2) is 47.9 Å². The number of carbonyl (C=O) groups is 1. The van der Waals surface area contributed by atoms with E-state index in [0.29, 0.717) is 11.7 Å². The molecule has 2 aromatic rings. The standard InChI is InChI=1S/C16H16O2S/c1-12(2)13-5-7-14(8-6-13)18-16(17)10-9-15-4-3-11-19-15/h3-12H,1-2H3/b10-9+. The number of ether oxygens (including phenoxy) is 1. The number of carbonyl (C=O) groups excluding carboxylic acids is 1. The van der Waals surface area contributed by atoms with Crippen LogP contribution >= 0.6 is 11.3 Å². The first-order valence-corrected chi connectivity index (χ1v) is 7.06. The third kappa shape index (κ3) is 4.07. The largest absolute Gasteiger partial charge is 0.423 e. The first-order chi connectivity index (χ1) is 9.15. The zero-order chi connectivity index (χ0) is 13.7. The fourth-order valence-corrected chi connectivity index (χ4v) is 2.23. The minimum absolute atomic E-state index is 0.356. The van der Waals surface area contributed by atoms with E-state index in [-0.39, 0.29) is 5.97 Å². The van der Waals surface area contributed by atoms with Gasteiger partial charge in [0.2, 0.25) is 0 Å². The van der Waals surface area contributed by atoms with E-state index in [9.17, 15) is 4.79 Å². The molecule has 0 amide bonds. The summed E-state index contributed by atoms with van der Waals surface area (Å²) in [5, 5.41) is 1.97. The van der Waals surface area contributed by atoms with Crippen LogP contribution in [0.1, 0.15) is 30.2 Å². The number of thiophene rings is 1. The van der Waals surface area contributed by atoms with Crippen molar-refractivity contribution < 1.29 is 9.53 Å². The molecule has 0 aliphatic rings. The van der Waals surface area contributed by atoms with Crippen molar-refractivity contribution >= 4 is 23.4 Å². The number of benzene rings is 1. The summed E-state index contributed by atoms with van der Waals surface area (Å²) < 4.78 is 5.23. The molecule has 0 atom stereocenters. The molecular weight excluding hydrogens is 256 g/mol. The lowest BCUT2D eigenvalue weighted by molar-refractivity contribution is -0.128. The van der Waals surface area contributed by atoms with Crippen LogP contribution in [0.2, 0.25) is 0 Å². The van der Waals surface area contributed by atoms with E-state index in [4.69, 9.17) is 4.74 Å². The Hall–Kier alpha value is -1.87. The summed E-state index contributed by atoms with van der Waals surface area (Å²) >= 11 is 1.58. The number of hydrogen-bond acceptors (Lipinski definition) is 3. The van der Waals surface area contributed by atoms with Crippen LogP contribution in [-0.4, -0.2) is 5.97 Å². The van der Waals surface area contributed by atoms with Crippen LogP contribution < -0.4 is 4.74 Å². The lowest BCUT2D eigenvalue weighted by Gasteiger charge is -2.06. The maximum absolute atomic E-state index is 11.6. The SMILES string of the molecule is CC(C)c1ccc(OC(=O)/C=C/c2cccs2)cc1. The zero-order valence-corrected chi connectivity index (χ0v) is 11.8. The van der Waals surface area contributed by atoms with Crippen molar-refractivity contribution in [2.24, 2.45) is 0 Å². The fraction of sp³-hybridized carbons (Fsp3) is 0.188. The minimum Gasteiger partial charge on any atom is -0.423 e. The van der Waals surface area contributed by atoms with Crippen molar-refractivity contribution in [2.45, 2.75) is 19.8 Å². The molecule has 0 bridgehead atoms. The lowest BCUT2D eigenvalue weighted by atomic mass is 10.0. The van der Waals surface area contributed by atoms with Crippen molar-refractivity contribution in [1.82, 2.24) is 0 Å².